The number of rotatable bonds is 9. The van der Waals surface area contributed by atoms with Gasteiger partial charge < -0.3 is 9.47 Å². The van der Waals surface area contributed by atoms with Crippen molar-refractivity contribution in [3.63, 3.8) is 0 Å². The summed E-state index contributed by atoms with van der Waals surface area (Å²) in [5, 5.41) is 2.63. The third kappa shape index (κ3) is 5.31. The lowest BCUT2D eigenvalue weighted by Crippen LogP contribution is -2.54. The summed E-state index contributed by atoms with van der Waals surface area (Å²) in [6.07, 6.45) is 4.50. The van der Waals surface area contributed by atoms with Crippen molar-refractivity contribution in [1.82, 2.24) is 5.32 Å². The van der Waals surface area contributed by atoms with E-state index in [1.165, 1.54) is 12.1 Å². The molecule has 2 aromatic carbocycles. The summed E-state index contributed by atoms with van der Waals surface area (Å²) in [7, 11) is 0. The number of carbonyl (C=O) groups excluding carboxylic acids is 3. The van der Waals surface area contributed by atoms with Crippen LogP contribution in [0.4, 0.5) is 10.5 Å². The van der Waals surface area contributed by atoms with Crippen LogP contribution in [0.1, 0.15) is 37.0 Å². The zero-order chi connectivity index (χ0) is 24.8. The lowest BCUT2D eigenvalue weighted by molar-refractivity contribution is -0.122. The number of urea groups is 1. The van der Waals surface area contributed by atoms with Crippen LogP contribution in [0.25, 0.3) is 6.08 Å². The molecule has 0 radical (unpaired) electrons. The van der Waals surface area contributed by atoms with Crippen LogP contribution in [0.15, 0.2) is 48.6 Å². The summed E-state index contributed by atoms with van der Waals surface area (Å²) in [5.74, 6) is -0.414. The van der Waals surface area contributed by atoms with Crippen LogP contribution in [0, 0.1) is 6.92 Å². The maximum Gasteiger partial charge on any atom is 0.335 e. The van der Waals surface area contributed by atoms with Crippen molar-refractivity contribution in [3.8, 4) is 11.5 Å². The van der Waals surface area contributed by atoms with Gasteiger partial charge in [0.1, 0.15) is 5.57 Å². The topological polar surface area (TPSA) is 84.9 Å². The summed E-state index contributed by atoms with van der Waals surface area (Å²) in [4.78, 5) is 39.2. The zero-order valence-corrected chi connectivity index (χ0v) is 20.2. The minimum atomic E-state index is -0.835. The monoisotopic (exact) mass is 482 g/mol. The zero-order valence-electron chi connectivity index (χ0n) is 19.4. The first-order valence-electron chi connectivity index (χ1n) is 11.0. The van der Waals surface area contributed by atoms with Crippen molar-refractivity contribution in [2.45, 2.75) is 33.6 Å². The fourth-order valence-corrected chi connectivity index (χ4v) is 3.66. The molecular formula is C26H27ClN2O5. The van der Waals surface area contributed by atoms with Crippen LogP contribution in [-0.4, -0.2) is 31.1 Å². The lowest BCUT2D eigenvalue weighted by Gasteiger charge is -2.26. The van der Waals surface area contributed by atoms with Crippen LogP contribution >= 0.6 is 11.6 Å². The summed E-state index contributed by atoms with van der Waals surface area (Å²) >= 11 is 6.18. The summed E-state index contributed by atoms with van der Waals surface area (Å²) in [6.45, 7) is 10.4. The standard InChI is InChI=1S/C26H27ClN2O5/c1-5-8-18-12-17(14-22(33-7-3)23(18)34-11-6-2)13-20-24(30)28-26(32)29(25(20)31)19-10-9-16(4)21(27)15-19/h5,9-10,12-15H,1,6-8,11H2,2-4H3,(H,28,30,32)/b20-13+. The first-order chi connectivity index (χ1) is 16.3. The summed E-state index contributed by atoms with van der Waals surface area (Å²) in [6, 6.07) is 7.49. The van der Waals surface area contributed by atoms with Crippen molar-refractivity contribution in [2.75, 3.05) is 18.1 Å². The molecule has 0 aromatic heterocycles. The molecule has 8 heteroatoms. The number of amides is 4. The molecule has 34 heavy (non-hydrogen) atoms. The highest BCUT2D eigenvalue weighted by molar-refractivity contribution is 6.39. The van der Waals surface area contributed by atoms with Gasteiger partial charge in [0.15, 0.2) is 11.5 Å². The molecule has 178 valence electrons. The highest BCUT2D eigenvalue weighted by Gasteiger charge is 2.37. The first kappa shape index (κ1) is 25.1. The van der Waals surface area contributed by atoms with Gasteiger partial charge in [-0.05, 0) is 68.2 Å². The Bertz CT molecular complexity index is 1170. The molecule has 3 rings (SSSR count). The van der Waals surface area contributed by atoms with Gasteiger partial charge in [-0.1, -0.05) is 30.7 Å². The van der Waals surface area contributed by atoms with Gasteiger partial charge in [-0.25, -0.2) is 9.69 Å². The van der Waals surface area contributed by atoms with Crippen molar-refractivity contribution in [3.05, 3.63) is 70.3 Å². The minimum Gasteiger partial charge on any atom is -0.490 e. The van der Waals surface area contributed by atoms with Crippen molar-refractivity contribution in [1.29, 1.82) is 0 Å². The van der Waals surface area contributed by atoms with Crippen LogP contribution in [-0.2, 0) is 16.0 Å². The van der Waals surface area contributed by atoms with E-state index in [4.69, 9.17) is 21.1 Å². The molecule has 1 fully saturated rings. The number of halogens is 1. The highest BCUT2D eigenvalue weighted by atomic mass is 35.5. The van der Waals surface area contributed by atoms with E-state index in [0.717, 1.165) is 22.4 Å². The van der Waals surface area contributed by atoms with E-state index in [9.17, 15) is 14.4 Å². The number of nitrogens with zero attached hydrogens (tertiary/aromatic N) is 1. The predicted molar refractivity (Wildman–Crippen MR) is 132 cm³/mol. The Morgan fingerprint density at radius 3 is 2.53 bits per heavy atom. The average molecular weight is 483 g/mol. The molecule has 7 nitrogen and oxygen atoms in total. The van der Waals surface area contributed by atoms with Gasteiger partial charge in [0.05, 0.1) is 18.9 Å². The second kappa shape index (κ2) is 11.0. The molecule has 0 atom stereocenters. The van der Waals surface area contributed by atoms with E-state index in [0.29, 0.717) is 41.7 Å². The van der Waals surface area contributed by atoms with E-state index in [2.05, 4.69) is 11.9 Å². The number of hydrogen-bond acceptors (Lipinski definition) is 5. The summed E-state index contributed by atoms with van der Waals surface area (Å²) < 4.78 is 11.7. The van der Waals surface area contributed by atoms with Gasteiger partial charge in [-0.2, -0.15) is 0 Å². The third-order valence-electron chi connectivity index (χ3n) is 5.10. The Labute approximate surface area is 204 Å². The molecular weight excluding hydrogens is 456 g/mol. The van der Waals surface area contributed by atoms with Crippen LogP contribution < -0.4 is 19.7 Å². The minimum absolute atomic E-state index is 0.189. The molecule has 0 aliphatic carbocycles. The molecule has 1 heterocycles. The molecule has 2 aromatic rings. The van der Waals surface area contributed by atoms with E-state index < -0.39 is 17.8 Å². The number of imide groups is 2. The van der Waals surface area contributed by atoms with Crippen molar-refractivity contribution in [2.24, 2.45) is 0 Å². The largest absolute Gasteiger partial charge is 0.490 e. The van der Waals surface area contributed by atoms with E-state index >= 15 is 0 Å². The van der Waals surface area contributed by atoms with Gasteiger partial charge in [-0.3, -0.25) is 14.9 Å². The molecule has 0 bridgehead atoms. The lowest BCUT2D eigenvalue weighted by atomic mass is 10.0. The second-order valence-corrected chi connectivity index (χ2v) is 8.08. The Balaban J connectivity index is 2.07. The molecule has 0 unspecified atom stereocenters. The van der Waals surface area contributed by atoms with Gasteiger partial charge in [-0.15, -0.1) is 6.58 Å². The first-order valence-corrected chi connectivity index (χ1v) is 11.4. The Hall–Kier alpha value is -3.58. The molecule has 1 aliphatic heterocycles. The fraction of sp³-hybridized carbons (Fsp3) is 0.269. The molecule has 1 aliphatic rings. The van der Waals surface area contributed by atoms with E-state index in [-0.39, 0.29) is 11.3 Å². The molecule has 1 saturated heterocycles. The summed E-state index contributed by atoms with van der Waals surface area (Å²) in [5.41, 5.74) is 2.24. The molecule has 0 saturated carbocycles. The normalized spacial score (nSPS) is 14.9. The quantitative estimate of drug-likeness (QED) is 0.300. The smallest absolute Gasteiger partial charge is 0.335 e. The Morgan fingerprint density at radius 1 is 1.12 bits per heavy atom. The maximum atomic E-state index is 13.2. The van der Waals surface area contributed by atoms with Gasteiger partial charge in [0.2, 0.25) is 0 Å². The van der Waals surface area contributed by atoms with Gasteiger partial charge >= 0.3 is 6.03 Å². The number of barbiturate groups is 1. The fourth-order valence-electron chi connectivity index (χ4n) is 3.48. The maximum absolute atomic E-state index is 13.2. The Kier molecular flexibility index (Phi) is 8.12. The number of hydrogen-bond donors (Lipinski definition) is 1. The third-order valence-corrected chi connectivity index (χ3v) is 5.50. The van der Waals surface area contributed by atoms with Crippen molar-refractivity contribution < 1.29 is 23.9 Å². The predicted octanol–water partition coefficient (Wildman–Crippen LogP) is 5.23. The SMILES string of the molecule is C=CCc1cc(/C=C2\C(=O)NC(=O)N(c3ccc(C)c(Cl)c3)C2=O)cc(OCC)c1OCCC. The van der Waals surface area contributed by atoms with Crippen LogP contribution in [0.5, 0.6) is 11.5 Å². The average Bonchev–Trinajstić information content (AvgIpc) is 2.79. The number of benzene rings is 2. The molecule has 0 spiro atoms. The number of ether oxygens (including phenoxy) is 2. The number of aryl methyl sites for hydroxylation is 1. The van der Waals surface area contributed by atoms with Crippen molar-refractivity contribution >= 4 is 41.2 Å². The molecule has 1 N–H and O–H groups in total. The van der Waals surface area contributed by atoms with Gasteiger partial charge in [0.25, 0.3) is 11.8 Å². The van der Waals surface area contributed by atoms with E-state index in [1.807, 2.05) is 26.8 Å². The Morgan fingerprint density at radius 2 is 1.88 bits per heavy atom. The number of allylic oxidation sites excluding steroid dienone is 1. The van der Waals surface area contributed by atoms with E-state index in [1.54, 1.807) is 24.3 Å². The number of carbonyl (C=O) groups is 3. The highest BCUT2D eigenvalue weighted by Crippen LogP contribution is 2.35. The van der Waals surface area contributed by atoms with Crippen LogP contribution in [0.3, 0.4) is 0 Å². The van der Waals surface area contributed by atoms with Crippen LogP contribution in [0.2, 0.25) is 5.02 Å². The number of nitrogens with one attached hydrogen (secondary N) is 1. The number of anilines is 1. The second-order valence-electron chi connectivity index (χ2n) is 7.67. The molecule has 4 amide bonds. The van der Waals surface area contributed by atoms with Gasteiger partial charge in [0, 0.05) is 10.6 Å².